The molecule has 5 nitrogen and oxygen atoms in total. The van der Waals surface area contributed by atoms with Gasteiger partial charge < -0.3 is 10.4 Å². The number of aliphatic hydroxyl groups excluding tert-OH is 1. The maximum Gasteiger partial charge on any atom is 0.325 e. The van der Waals surface area contributed by atoms with E-state index in [0.29, 0.717) is 12.8 Å². The highest BCUT2D eigenvalue weighted by molar-refractivity contribution is 7.10. The van der Waals surface area contributed by atoms with E-state index >= 15 is 0 Å². The summed E-state index contributed by atoms with van der Waals surface area (Å²) in [5, 5.41) is 13.4. The largest absolute Gasteiger partial charge is 0.395 e. The second kappa shape index (κ2) is 6.29. The minimum Gasteiger partial charge on any atom is -0.395 e. The van der Waals surface area contributed by atoms with Crippen molar-refractivity contribution in [2.24, 2.45) is 0 Å². The Kier molecular flexibility index (Phi) is 4.66. The molecule has 21 heavy (non-hydrogen) atoms. The van der Waals surface area contributed by atoms with Gasteiger partial charge in [-0.1, -0.05) is 18.8 Å². The lowest BCUT2D eigenvalue weighted by Gasteiger charge is -2.19. The van der Waals surface area contributed by atoms with Gasteiger partial charge in [-0.15, -0.1) is 11.3 Å². The predicted octanol–water partition coefficient (Wildman–Crippen LogP) is 1.70. The lowest BCUT2D eigenvalue weighted by molar-refractivity contribution is -0.131. The van der Waals surface area contributed by atoms with Crippen molar-refractivity contribution in [3.05, 3.63) is 21.9 Å². The first-order chi connectivity index (χ1) is 10.0. The van der Waals surface area contributed by atoms with Gasteiger partial charge in [-0.25, -0.2) is 4.79 Å². The minimum atomic E-state index is -0.808. The van der Waals surface area contributed by atoms with Crippen LogP contribution < -0.4 is 5.32 Å². The minimum absolute atomic E-state index is 0.0222. The molecule has 1 aromatic rings. The van der Waals surface area contributed by atoms with E-state index in [9.17, 15) is 9.59 Å². The van der Waals surface area contributed by atoms with E-state index in [1.165, 1.54) is 16.2 Å². The molecule has 1 unspecified atom stereocenters. The Labute approximate surface area is 128 Å². The molecule has 112 valence electrons. The quantitative estimate of drug-likeness (QED) is 0.657. The molecule has 1 saturated heterocycles. The van der Waals surface area contributed by atoms with Crippen molar-refractivity contribution in [1.29, 1.82) is 0 Å². The zero-order chi connectivity index (χ0) is 15.5. The fourth-order valence-corrected chi connectivity index (χ4v) is 2.88. The Bertz CT molecular complexity index is 614. The summed E-state index contributed by atoms with van der Waals surface area (Å²) < 4.78 is 0. The SMILES string of the molecule is CCC1(C)NC(=O)N(Cc2sccc2C#CCCO)C1=O. The topological polar surface area (TPSA) is 69.6 Å². The third-order valence-corrected chi connectivity index (χ3v) is 4.46. The highest BCUT2D eigenvalue weighted by Gasteiger charge is 2.46. The average Bonchev–Trinajstić information content (AvgIpc) is 2.98. The van der Waals surface area contributed by atoms with Gasteiger partial charge in [0.05, 0.1) is 13.2 Å². The summed E-state index contributed by atoms with van der Waals surface area (Å²) in [6.45, 7) is 3.87. The van der Waals surface area contributed by atoms with Crippen molar-refractivity contribution in [3.8, 4) is 11.8 Å². The molecule has 0 radical (unpaired) electrons. The summed E-state index contributed by atoms with van der Waals surface area (Å²) in [4.78, 5) is 26.5. The van der Waals surface area contributed by atoms with Crippen LogP contribution in [0.1, 0.15) is 37.1 Å². The number of urea groups is 1. The number of nitrogens with one attached hydrogen (secondary N) is 1. The van der Waals surface area contributed by atoms with Crippen LogP contribution in [-0.4, -0.2) is 34.1 Å². The van der Waals surface area contributed by atoms with Crippen LogP contribution in [0, 0.1) is 11.8 Å². The van der Waals surface area contributed by atoms with Crippen LogP contribution in [0.4, 0.5) is 4.79 Å². The molecule has 6 heteroatoms. The average molecular weight is 306 g/mol. The summed E-state index contributed by atoms with van der Waals surface area (Å²) in [6, 6.07) is 1.51. The number of aliphatic hydroxyl groups is 1. The smallest absolute Gasteiger partial charge is 0.325 e. The Morgan fingerprint density at radius 2 is 2.24 bits per heavy atom. The van der Waals surface area contributed by atoms with Crippen molar-refractivity contribution in [2.45, 2.75) is 38.8 Å². The maximum absolute atomic E-state index is 12.3. The second-order valence-corrected chi connectivity index (χ2v) is 6.04. The first kappa shape index (κ1) is 15.5. The molecule has 3 amide bonds. The first-order valence-electron chi connectivity index (χ1n) is 6.82. The van der Waals surface area contributed by atoms with Gasteiger partial charge in [0.2, 0.25) is 0 Å². The van der Waals surface area contributed by atoms with Crippen molar-refractivity contribution >= 4 is 23.3 Å². The molecule has 0 bridgehead atoms. The zero-order valence-corrected chi connectivity index (χ0v) is 12.9. The molecule has 2 rings (SSSR count). The highest BCUT2D eigenvalue weighted by Crippen LogP contribution is 2.25. The Hall–Kier alpha value is -1.84. The van der Waals surface area contributed by atoms with Gasteiger partial charge in [0.15, 0.2) is 0 Å². The maximum atomic E-state index is 12.3. The number of hydrogen-bond acceptors (Lipinski definition) is 4. The molecular formula is C15H18N2O3S. The molecule has 1 aromatic heterocycles. The molecular weight excluding hydrogens is 288 g/mol. The molecule has 1 aliphatic heterocycles. The summed E-state index contributed by atoms with van der Waals surface area (Å²) in [6.07, 6.45) is 0.966. The molecule has 2 heterocycles. The van der Waals surface area contributed by atoms with Crippen LogP contribution in [0.2, 0.25) is 0 Å². The van der Waals surface area contributed by atoms with Gasteiger partial charge in [0.1, 0.15) is 5.54 Å². The Morgan fingerprint density at radius 1 is 1.48 bits per heavy atom. The van der Waals surface area contributed by atoms with Gasteiger partial charge in [-0.2, -0.15) is 0 Å². The second-order valence-electron chi connectivity index (χ2n) is 5.04. The summed E-state index contributed by atoms with van der Waals surface area (Å²) in [7, 11) is 0. The van der Waals surface area contributed by atoms with E-state index in [0.717, 1.165) is 10.4 Å². The standard InChI is InChI=1S/C15H18N2O3S/c1-3-15(2)13(19)17(14(20)16-15)10-12-11(7-9-21-12)6-4-5-8-18/h7,9,18H,3,5,8,10H2,1-2H3,(H,16,20). The fraction of sp³-hybridized carbons (Fsp3) is 0.467. The van der Waals surface area contributed by atoms with Gasteiger partial charge in [0.25, 0.3) is 5.91 Å². The van der Waals surface area contributed by atoms with Crippen LogP contribution in [-0.2, 0) is 11.3 Å². The number of thiophene rings is 1. The van der Waals surface area contributed by atoms with E-state index in [2.05, 4.69) is 17.2 Å². The summed E-state index contributed by atoms with van der Waals surface area (Å²) in [5.74, 6) is 5.62. The van der Waals surface area contributed by atoms with Gasteiger partial charge in [-0.3, -0.25) is 9.69 Å². The number of imide groups is 1. The molecule has 0 aromatic carbocycles. The third-order valence-electron chi connectivity index (χ3n) is 3.56. The van der Waals surface area contributed by atoms with Gasteiger partial charge in [0, 0.05) is 16.9 Å². The van der Waals surface area contributed by atoms with E-state index in [1.54, 1.807) is 6.92 Å². The lowest BCUT2D eigenvalue weighted by Crippen LogP contribution is -2.43. The Balaban J connectivity index is 2.17. The molecule has 1 fully saturated rings. The monoisotopic (exact) mass is 306 g/mol. The van der Waals surface area contributed by atoms with E-state index in [1.807, 2.05) is 18.4 Å². The number of carbonyl (C=O) groups is 2. The van der Waals surface area contributed by atoms with E-state index in [-0.39, 0.29) is 25.1 Å². The summed E-state index contributed by atoms with van der Waals surface area (Å²) >= 11 is 1.47. The molecule has 0 saturated carbocycles. The van der Waals surface area contributed by atoms with Crippen molar-refractivity contribution < 1.29 is 14.7 Å². The molecule has 1 atom stereocenters. The van der Waals surface area contributed by atoms with E-state index in [4.69, 9.17) is 5.11 Å². The zero-order valence-electron chi connectivity index (χ0n) is 12.1. The number of carbonyl (C=O) groups excluding carboxylic acids is 2. The van der Waals surface area contributed by atoms with Gasteiger partial charge in [-0.05, 0) is 24.8 Å². The normalized spacial score (nSPS) is 21.2. The van der Waals surface area contributed by atoms with E-state index < -0.39 is 5.54 Å². The van der Waals surface area contributed by atoms with Crippen LogP contribution in [0.5, 0.6) is 0 Å². The van der Waals surface area contributed by atoms with Gasteiger partial charge >= 0.3 is 6.03 Å². The van der Waals surface area contributed by atoms with Crippen LogP contribution in [0.25, 0.3) is 0 Å². The number of nitrogens with zero attached hydrogens (tertiary/aromatic N) is 1. The highest BCUT2D eigenvalue weighted by atomic mass is 32.1. The van der Waals surface area contributed by atoms with Crippen molar-refractivity contribution in [3.63, 3.8) is 0 Å². The van der Waals surface area contributed by atoms with Crippen molar-refractivity contribution in [1.82, 2.24) is 10.2 Å². The third kappa shape index (κ3) is 3.09. The molecule has 0 aliphatic carbocycles. The number of hydrogen-bond donors (Lipinski definition) is 2. The molecule has 0 spiro atoms. The molecule has 1 aliphatic rings. The first-order valence-corrected chi connectivity index (χ1v) is 7.70. The fourth-order valence-electron chi connectivity index (χ4n) is 2.06. The number of amides is 3. The number of rotatable bonds is 4. The van der Waals surface area contributed by atoms with Crippen LogP contribution in [0.3, 0.4) is 0 Å². The van der Waals surface area contributed by atoms with Crippen LogP contribution in [0.15, 0.2) is 11.4 Å². The molecule has 2 N–H and O–H groups in total. The predicted molar refractivity (Wildman–Crippen MR) is 80.7 cm³/mol. The lowest BCUT2D eigenvalue weighted by atomic mass is 9.99. The van der Waals surface area contributed by atoms with Crippen LogP contribution >= 0.6 is 11.3 Å². The Morgan fingerprint density at radius 3 is 2.86 bits per heavy atom. The summed E-state index contributed by atoms with van der Waals surface area (Å²) in [5.41, 5.74) is -0.00369. The van der Waals surface area contributed by atoms with Crippen molar-refractivity contribution in [2.75, 3.05) is 6.61 Å².